The van der Waals surface area contributed by atoms with Gasteiger partial charge in [-0.3, -0.25) is 0 Å². The molecule has 3 N–H and O–H groups in total. The molecular formula is C7H12N4. The lowest BCUT2D eigenvalue weighted by atomic mass is 10.5. The molecule has 1 heterocycles. The van der Waals surface area contributed by atoms with E-state index in [-0.39, 0.29) is 0 Å². The predicted octanol–water partition coefficient (Wildman–Crippen LogP) is 0.881. The number of hydrogen-bond donors (Lipinski definition) is 2. The first-order valence-electron chi connectivity index (χ1n) is 3.64. The number of hydrogen-bond acceptors (Lipinski definition) is 4. The molecule has 0 saturated carbocycles. The van der Waals surface area contributed by atoms with Crippen molar-refractivity contribution in [3.05, 3.63) is 12.4 Å². The molecule has 0 aromatic carbocycles. The smallest absolute Gasteiger partial charge is 0.222 e. The van der Waals surface area contributed by atoms with E-state index in [0.717, 1.165) is 13.0 Å². The molecule has 0 radical (unpaired) electrons. The van der Waals surface area contributed by atoms with Crippen LogP contribution in [-0.4, -0.2) is 16.5 Å². The highest BCUT2D eigenvalue weighted by Crippen LogP contribution is 1.99. The van der Waals surface area contributed by atoms with Gasteiger partial charge in [-0.2, -0.15) is 0 Å². The summed E-state index contributed by atoms with van der Waals surface area (Å²) in [6.07, 6.45) is 4.24. The van der Waals surface area contributed by atoms with Gasteiger partial charge in [0.25, 0.3) is 0 Å². The highest BCUT2D eigenvalue weighted by atomic mass is 15.1. The molecule has 0 atom stereocenters. The van der Waals surface area contributed by atoms with Gasteiger partial charge < -0.3 is 11.1 Å². The second kappa shape index (κ2) is 3.75. The highest BCUT2D eigenvalue weighted by Gasteiger charge is 1.91. The number of nitrogen functional groups attached to an aromatic ring is 1. The quantitative estimate of drug-likeness (QED) is 0.674. The molecule has 0 fully saturated rings. The van der Waals surface area contributed by atoms with Crippen LogP contribution < -0.4 is 11.1 Å². The highest BCUT2D eigenvalue weighted by molar-refractivity contribution is 5.35. The molecule has 0 aliphatic carbocycles. The second-order valence-electron chi connectivity index (χ2n) is 2.27. The molecule has 0 bridgehead atoms. The van der Waals surface area contributed by atoms with E-state index in [2.05, 4.69) is 22.2 Å². The maximum absolute atomic E-state index is 5.40. The van der Waals surface area contributed by atoms with Crippen molar-refractivity contribution in [2.45, 2.75) is 13.3 Å². The van der Waals surface area contributed by atoms with E-state index >= 15 is 0 Å². The van der Waals surface area contributed by atoms with Gasteiger partial charge in [-0.25, -0.2) is 9.97 Å². The molecule has 0 unspecified atom stereocenters. The average molecular weight is 152 g/mol. The Bertz CT molecular complexity index is 206. The molecule has 11 heavy (non-hydrogen) atoms. The first-order chi connectivity index (χ1) is 5.33. The molecule has 60 valence electrons. The van der Waals surface area contributed by atoms with Gasteiger partial charge in [-0.1, -0.05) is 6.92 Å². The molecule has 0 aliphatic heterocycles. The molecular weight excluding hydrogens is 140 g/mol. The van der Waals surface area contributed by atoms with Crippen LogP contribution in [0.3, 0.4) is 0 Å². The van der Waals surface area contributed by atoms with Crippen molar-refractivity contribution in [3.8, 4) is 0 Å². The zero-order chi connectivity index (χ0) is 8.10. The molecule has 0 amide bonds. The normalized spacial score (nSPS) is 9.55. The van der Waals surface area contributed by atoms with Crippen LogP contribution in [0.4, 0.5) is 11.6 Å². The third-order valence-electron chi connectivity index (χ3n) is 1.20. The first kappa shape index (κ1) is 7.78. The third-order valence-corrected chi connectivity index (χ3v) is 1.20. The van der Waals surface area contributed by atoms with E-state index < -0.39 is 0 Å². The van der Waals surface area contributed by atoms with Gasteiger partial charge in [0.1, 0.15) is 0 Å². The number of rotatable bonds is 3. The zero-order valence-corrected chi connectivity index (χ0v) is 6.54. The Morgan fingerprint density at radius 2 is 2.09 bits per heavy atom. The number of nitrogens with one attached hydrogen (secondary N) is 1. The van der Waals surface area contributed by atoms with Gasteiger partial charge in [0.05, 0.1) is 18.1 Å². The molecule has 0 saturated heterocycles. The van der Waals surface area contributed by atoms with E-state index in [9.17, 15) is 0 Å². The van der Waals surface area contributed by atoms with E-state index in [4.69, 9.17) is 5.73 Å². The summed E-state index contributed by atoms with van der Waals surface area (Å²) in [6, 6.07) is 0. The van der Waals surface area contributed by atoms with Crippen LogP contribution in [0.1, 0.15) is 13.3 Å². The van der Waals surface area contributed by atoms with Crippen LogP contribution in [0.25, 0.3) is 0 Å². The molecule has 1 aromatic heterocycles. The zero-order valence-electron chi connectivity index (χ0n) is 6.54. The Kier molecular flexibility index (Phi) is 2.66. The fourth-order valence-corrected chi connectivity index (χ4v) is 0.666. The Labute approximate surface area is 65.9 Å². The van der Waals surface area contributed by atoms with Crippen LogP contribution in [-0.2, 0) is 0 Å². The van der Waals surface area contributed by atoms with Gasteiger partial charge in [-0.15, -0.1) is 0 Å². The summed E-state index contributed by atoms with van der Waals surface area (Å²) < 4.78 is 0. The van der Waals surface area contributed by atoms with E-state index in [1.165, 1.54) is 0 Å². The summed E-state index contributed by atoms with van der Waals surface area (Å²) >= 11 is 0. The summed E-state index contributed by atoms with van der Waals surface area (Å²) in [7, 11) is 0. The van der Waals surface area contributed by atoms with Gasteiger partial charge in [0.2, 0.25) is 5.95 Å². The maximum atomic E-state index is 5.40. The number of anilines is 2. The molecule has 4 heteroatoms. The minimum Gasteiger partial charge on any atom is -0.396 e. The van der Waals surface area contributed by atoms with Crippen LogP contribution in [0.15, 0.2) is 12.4 Å². The molecule has 0 aliphatic rings. The van der Waals surface area contributed by atoms with Gasteiger partial charge in [0, 0.05) is 6.54 Å². The molecule has 4 nitrogen and oxygen atoms in total. The third kappa shape index (κ3) is 2.41. The monoisotopic (exact) mass is 152 g/mol. The first-order valence-corrected chi connectivity index (χ1v) is 3.64. The van der Waals surface area contributed by atoms with E-state index in [1.54, 1.807) is 12.4 Å². The van der Waals surface area contributed by atoms with Gasteiger partial charge in [0.15, 0.2) is 0 Å². The SMILES string of the molecule is CCCNc1ncc(N)cn1. The lowest BCUT2D eigenvalue weighted by molar-refractivity contribution is 0.953. The van der Waals surface area contributed by atoms with Crippen molar-refractivity contribution in [2.24, 2.45) is 0 Å². The largest absolute Gasteiger partial charge is 0.396 e. The summed E-state index contributed by atoms with van der Waals surface area (Å²) in [4.78, 5) is 7.94. The minimum absolute atomic E-state index is 0.590. The van der Waals surface area contributed by atoms with Crippen LogP contribution in [0.5, 0.6) is 0 Å². The molecule has 1 aromatic rings. The summed E-state index contributed by atoms with van der Waals surface area (Å²) in [5, 5.41) is 3.04. The van der Waals surface area contributed by atoms with Crippen molar-refractivity contribution in [1.82, 2.24) is 9.97 Å². The van der Waals surface area contributed by atoms with Crippen LogP contribution >= 0.6 is 0 Å². The topological polar surface area (TPSA) is 63.8 Å². The Morgan fingerprint density at radius 1 is 1.45 bits per heavy atom. The molecule has 1 rings (SSSR count). The standard InChI is InChI=1S/C7H12N4/c1-2-3-9-7-10-4-6(8)5-11-7/h4-5H,2-3,8H2,1H3,(H,9,10,11). The number of nitrogens with two attached hydrogens (primary N) is 1. The molecule has 0 spiro atoms. The summed E-state index contributed by atoms with van der Waals surface area (Å²) in [5.74, 6) is 0.640. The number of aromatic nitrogens is 2. The maximum Gasteiger partial charge on any atom is 0.222 e. The van der Waals surface area contributed by atoms with Crippen LogP contribution in [0.2, 0.25) is 0 Å². The van der Waals surface area contributed by atoms with E-state index in [1.807, 2.05) is 0 Å². The Hall–Kier alpha value is -1.32. The van der Waals surface area contributed by atoms with Crippen molar-refractivity contribution in [2.75, 3.05) is 17.6 Å². The summed E-state index contributed by atoms with van der Waals surface area (Å²) in [5.41, 5.74) is 5.99. The van der Waals surface area contributed by atoms with Crippen molar-refractivity contribution < 1.29 is 0 Å². The Balaban J connectivity index is 2.52. The van der Waals surface area contributed by atoms with E-state index in [0.29, 0.717) is 11.6 Å². The summed E-state index contributed by atoms with van der Waals surface area (Å²) in [6.45, 7) is 2.98. The fourth-order valence-electron chi connectivity index (χ4n) is 0.666. The number of nitrogens with zero attached hydrogens (tertiary/aromatic N) is 2. The van der Waals surface area contributed by atoms with Gasteiger partial charge >= 0.3 is 0 Å². The van der Waals surface area contributed by atoms with Gasteiger partial charge in [-0.05, 0) is 6.42 Å². The van der Waals surface area contributed by atoms with Crippen molar-refractivity contribution in [1.29, 1.82) is 0 Å². The fraction of sp³-hybridized carbons (Fsp3) is 0.429. The Morgan fingerprint density at radius 3 is 2.64 bits per heavy atom. The van der Waals surface area contributed by atoms with Crippen LogP contribution in [0, 0.1) is 0 Å². The van der Waals surface area contributed by atoms with Crippen molar-refractivity contribution in [3.63, 3.8) is 0 Å². The second-order valence-corrected chi connectivity index (χ2v) is 2.27. The minimum atomic E-state index is 0.590. The average Bonchev–Trinajstić information content (AvgIpc) is 2.04. The predicted molar refractivity (Wildman–Crippen MR) is 45.2 cm³/mol. The van der Waals surface area contributed by atoms with Crippen molar-refractivity contribution >= 4 is 11.6 Å². The lowest BCUT2D eigenvalue weighted by Gasteiger charge is -2.00. The lowest BCUT2D eigenvalue weighted by Crippen LogP contribution is -2.04.